The zero-order valence-electron chi connectivity index (χ0n) is 11.6. The summed E-state index contributed by atoms with van der Waals surface area (Å²) < 4.78 is 5.11. The standard InChI is InChI=1S/C14H21NO4/c1-10-5-4-6-12(8-7-10)9-19-14(18)15(3)11(2)13(16)17/h4,6,8,10-11H,5,7,9H2,1-3H3,(H,16,17)/t10?,11-/m1/s1. The second-order valence-corrected chi connectivity index (χ2v) is 4.94. The first-order valence-corrected chi connectivity index (χ1v) is 6.39. The lowest BCUT2D eigenvalue weighted by atomic mass is 10.1. The fourth-order valence-electron chi connectivity index (χ4n) is 1.65. The van der Waals surface area contributed by atoms with E-state index >= 15 is 0 Å². The van der Waals surface area contributed by atoms with Crippen molar-refractivity contribution in [1.82, 2.24) is 4.90 Å². The Balaban J connectivity index is 2.48. The molecular formula is C14H21NO4. The third-order valence-electron chi connectivity index (χ3n) is 3.24. The van der Waals surface area contributed by atoms with Crippen molar-refractivity contribution in [3.8, 4) is 0 Å². The van der Waals surface area contributed by atoms with Gasteiger partial charge in [0.2, 0.25) is 0 Å². The Morgan fingerprint density at radius 2 is 2.21 bits per heavy atom. The molecule has 1 amide bonds. The van der Waals surface area contributed by atoms with Crippen LogP contribution in [0.4, 0.5) is 4.79 Å². The Kier molecular flexibility index (Phi) is 5.60. The van der Waals surface area contributed by atoms with Crippen LogP contribution in [-0.4, -0.2) is 41.8 Å². The average Bonchev–Trinajstić information content (AvgIpc) is 2.58. The second kappa shape index (κ2) is 6.97. The third-order valence-corrected chi connectivity index (χ3v) is 3.24. The van der Waals surface area contributed by atoms with Gasteiger partial charge in [0, 0.05) is 7.05 Å². The summed E-state index contributed by atoms with van der Waals surface area (Å²) in [7, 11) is 1.42. The number of carboxylic acids is 1. The fourth-order valence-corrected chi connectivity index (χ4v) is 1.65. The van der Waals surface area contributed by atoms with Gasteiger partial charge in [-0.15, -0.1) is 0 Å². The van der Waals surface area contributed by atoms with E-state index in [0.717, 1.165) is 23.3 Å². The largest absolute Gasteiger partial charge is 0.480 e. The molecular weight excluding hydrogens is 246 g/mol. The number of aliphatic carboxylic acids is 1. The molecule has 2 atom stereocenters. The van der Waals surface area contributed by atoms with Gasteiger partial charge >= 0.3 is 12.1 Å². The van der Waals surface area contributed by atoms with Crippen LogP contribution in [-0.2, 0) is 9.53 Å². The molecule has 0 saturated heterocycles. The van der Waals surface area contributed by atoms with E-state index in [4.69, 9.17) is 9.84 Å². The highest BCUT2D eigenvalue weighted by Crippen LogP contribution is 2.16. The number of allylic oxidation sites excluding steroid dienone is 2. The van der Waals surface area contributed by atoms with Crippen LogP contribution in [0.3, 0.4) is 0 Å². The topological polar surface area (TPSA) is 66.8 Å². The van der Waals surface area contributed by atoms with Crippen LogP contribution in [0.2, 0.25) is 0 Å². The van der Waals surface area contributed by atoms with Crippen LogP contribution in [0.1, 0.15) is 26.7 Å². The van der Waals surface area contributed by atoms with E-state index in [9.17, 15) is 9.59 Å². The van der Waals surface area contributed by atoms with Crippen LogP contribution in [0, 0.1) is 5.92 Å². The Morgan fingerprint density at radius 1 is 1.53 bits per heavy atom. The number of carbonyl (C=O) groups is 2. The molecule has 0 saturated carbocycles. The van der Waals surface area contributed by atoms with Gasteiger partial charge in [-0.2, -0.15) is 0 Å². The molecule has 106 valence electrons. The second-order valence-electron chi connectivity index (χ2n) is 4.94. The van der Waals surface area contributed by atoms with Crippen molar-refractivity contribution >= 4 is 12.1 Å². The highest BCUT2D eigenvalue weighted by atomic mass is 16.6. The minimum absolute atomic E-state index is 0.179. The van der Waals surface area contributed by atoms with E-state index in [-0.39, 0.29) is 6.61 Å². The number of carboxylic acid groups (broad SMARTS) is 1. The van der Waals surface area contributed by atoms with Gasteiger partial charge in [-0.3, -0.25) is 4.90 Å². The fraction of sp³-hybridized carbons (Fsp3) is 0.571. The monoisotopic (exact) mass is 267 g/mol. The molecule has 0 fully saturated rings. The van der Waals surface area contributed by atoms with Crippen molar-refractivity contribution in [3.05, 3.63) is 23.8 Å². The molecule has 0 aromatic rings. The molecule has 1 aliphatic rings. The molecule has 0 aromatic heterocycles. The molecule has 0 aromatic carbocycles. The van der Waals surface area contributed by atoms with E-state index in [1.54, 1.807) is 0 Å². The smallest absolute Gasteiger partial charge is 0.410 e. The van der Waals surface area contributed by atoms with Gasteiger partial charge in [-0.25, -0.2) is 9.59 Å². The minimum Gasteiger partial charge on any atom is -0.480 e. The van der Waals surface area contributed by atoms with Crippen LogP contribution in [0.15, 0.2) is 23.8 Å². The van der Waals surface area contributed by atoms with E-state index in [2.05, 4.69) is 19.1 Å². The van der Waals surface area contributed by atoms with Gasteiger partial charge in [-0.1, -0.05) is 25.2 Å². The molecule has 1 N–H and O–H groups in total. The number of hydrogen-bond acceptors (Lipinski definition) is 3. The number of carbonyl (C=O) groups excluding carboxylic acids is 1. The first-order chi connectivity index (χ1) is 8.91. The van der Waals surface area contributed by atoms with Crippen molar-refractivity contribution in [3.63, 3.8) is 0 Å². The van der Waals surface area contributed by atoms with Crippen LogP contribution in [0.5, 0.6) is 0 Å². The molecule has 19 heavy (non-hydrogen) atoms. The summed E-state index contributed by atoms with van der Waals surface area (Å²) in [5.74, 6) is -0.457. The van der Waals surface area contributed by atoms with Gasteiger partial charge in [0.1, 0.15) is 12.6 Å². The lowest BCUT2D eigenvalue weighted by Gasteiger charge is -2.20. The molecule has 0 spiro atoms. The Morgan fingerprint density at radius 3 is 2.84 bits per heavy atom. The van der Waals surface area contributed by atoms with Crippen molar-refractivity contribution in [2.24, 2.45) is 5.92 Å². The Bertz CT molecular complexity index is 400. The molecule has 1 aliphatic carbocycles. The molecule has 0 heterocycles. The number of hydrogen-bond donors (Lipinski definition) is 1. The van der Waals surface area contributed by atoms with E-state index < -0.39 is 18.1 Å². The van der Waals surface area contributed by atoms with Crippen LogP contribution >= 0.6 is 0 Å². The first-order valence-electron chi connectivity index (χ1n) is 6.39. The summed E-state index contributed by atoms with van der Waals surface area (Å²) in [5, 5.41) is 8.81. The predicted octanol–water partition coefficient (Wildman–Crippen LogP) is 2.44. The minimum atomic E-state index is -1.05. The molecule has 0 radical (unpaired) electrons. The van der Waals surface area contributed by atoms with E-state index in [1.165, 1.54) is 14.0 Å². The van der Waals surface area contributed by atoms with Crippen LogP contribution < -0.4 is 0 Å². The summed E-state index contributed by atoms with van der Waals surface area (Å²) >= 11 is 0. The molecule has 0 aliphatic heterocycles. The first kappa shape index (κ1) is 15.3. The Hall–Kier alpha value is -1.78. The van der Waals surface area contributed by atoms with Crippen molar-refractivity contribution in [1.29, 1.82) is 0 Å². The van der Waals surface area contributed by atoms with Crippen LogP contribution in [0.25, 0.3) is 0 Å². The molecule has 0 bridgehead atoms. The number of nitrogens with zero attached hydrogens (tertiary/aromatic N) is 1. The normalized spacial score (nSPS) is 20.2. The summed E-state index contributed by atoms with van der Waals surface area (Å²) in [6, 6.07) is -0.897. The predicted molar refractivity (Wildman–Crippen MR) is 71.8 cm³/mol. The van der Waals surface area contributed by atoms with Gasteiger partial charge in [0.05, 0.1) is 0 Å². The van der Waals surface area contributed by atoms with Gasteiger partial charge < -0.3 is 9.84 Å². The Labute approximate surface area is 113 Å². The van der Waals surface area contributed by atoms with Gasteiger partial charge in [-0.05, 0) is 31.3 Å². The number of likely N-dealkylation sites (N-methyl/N-ethyl adjacent to an activating group) is 1. The third kappa shape index (κ3) is 4.77. The number of amides is 1. The summed E-state index contributed by atoms with van der Waals surface area (Å²) in [4.78, 5) is 23.5. The lowest BCUT2D eigenvalue weighted by molar-refractivity contribution is -0.141. The van der Waals surface area contributed by atoms with Crippen molar-refractivity contribution in [2.75, 3.05) is 13.7 Å². The average molecular weight is 267 g/mol. The molecule has 5 heteroatoms. The van der Waals surface area contributed by atoms with E-state index in [0.29, 0.717) is 5.92 Å². The maximum absolute atomic E-state index is 11.7. The maximum atomic E-state index is 11.7. The summed E-state index contributed by atoms with van der Waals surface area (Å²) in [6.45, 7) is 3.78. The quantitative estimate of drug-likeness (QED) is 0.849. The molecule has 5 nitrogen and oxygen atoms in total. The SMILES string of the molecule is CC1CC=CC(COC(=O)N(C)[C@H](C)C(=O)O)=CC1. The molecule has 1 rings (SSSR count). The number of ether oxygens (including phenoxy) is 1. The van der Waals surface area contributed by atoms with Crippen molar-refractivity contribution < 1.29 is 19.4 Å². The molecule has 1 unspecified atom stereocenters. The summed E-state index contributed by atoms with van der Waals surface area (Å²) in [6.07, 6.45) is 7.44. The van der Waals surface area contributed by atoms with Crippen molar-refractivity contribution in [2.45, 2.75) is 32.7 Å². The highest BCUT2D eigenvalue weighted by molar-refractivity contribution is 5.79. The summed E-state index contributed by atoms with van der Waals surface area (Å²) in [5.41, 5.74) is 0.953. The maximum Gasteiger partial charge on any atom is 0.410 e. The van der Waals surface area contributed by atoms with E-state index in [1.807, 2.05) is 6.08 Å². The lowest BCUT2D eigenvalue weighted by Crippen LogP contribution is -2.40. The van der Waals surface area contributed by atoms with Gasteiger partial charge in [0.15, 0.2) is 0 Å². The zero-order valence-corrected chi connectivity index (χ0v) is 11.6. The zero-order chi connectivity index (χ0) is 14.4. The van der Waals surface area contributed by atoms with Gasteiger partial charge in [0.25, 0.3) is 0 Å². The number of rotatable bonds is 4. The highest BCUT2D eigenvalue weighted by Gasteiger charge is 2.22.